The van der Waals surface area contributed by atoms with E-state index in [1.807, 2.05) is 4.90 Å². The normalized spacial score (nSPS) is 21.9. The van der Waals surface area contributed by atoms with Crippen molar-refractivity contribution in [1.29, 1.82) is 0 Å². The zero-order chi connectivity index (χ0) is 15.5. The zero-order valence-corrected chi connectivity index (χ0v) is 12.2. The smallest absolute Gasteiger partial charge is 0.322 e. The number of rotatable bonds is 3. The molecular weight excluding hydrogens is 286 g/mol. The Morgan fingerprint density at radius 2 is 2.00 bits per heavy atom. The lowest BCUT2D eigenvalue weighted by Crippen LogP contribution is -2.54. The molecule has 2 saturated heterocycles. The average molecular weight is 305 g/mol. The predicted octanol–water partition coefficient (Wildman–Crippen LogP) is -0.425. The molecular formula is C14H19N5O3. The third-order valence-corrected chi connectivity index (χ3v) is 4.03. The quantitative estimate of drug-likeness (QED) is 0.782. The van der Waals surface area contributed by atoms with Crippen molar-refractivity contribution >= 4 is 17.7 Å². The number of aliphatic carboxylic acids is 1. The summed E-state index contributed by atoms with van der Waals surface area (Å²) in [6.07, 6.45) is 5.10. The first kappa shape index (κ1) is 14.7. The molecule has 2 aliphatic heterocycles. The minimum absolute atomic E-state index is 0.100. The first-order chi connectivity index (χ1) is 10.6. The predicted molar refractivity (Wildman–Crippen MR) is 78.8 cm³/mol. The number of amides is 1. The lowest BCUT2D eigenvalue weighted by Gasteiger charge is -2.32. The van der Waals surface area contributed by atoms with E-state index in [1.54, 1.807) is 11.1 Å². The standard InChI is InChI=1S/C14H19N5O3/c20-13(18-4-1-2-5-18)10-7-15-8-12(17-10)19-6-3-16-11(9-19)14(21)22/h7-8,11,16H,1-6,9H2,(H,21,22)/t11-/m1/s1. The Bertz CT molecular complexity index is 573. The van der Waals surface area contributed by atoms with Gasteiger partial charge in [0.2, 0.25) is 0 Å². The van der Waals surface area contributed by atoms with Crippen LogP contribution in [0, 0.1) is 0 Å². The molecule has 3 heterocycles. The van der Waals surface area contributed by atoms with Crippen LogP contribution in [0.25, 0.3) is 0 Å². The highest BCUT2D eigenvalue weighted by molar-refractivity contribution is 5.92. The monoisotopic (exact) mass is 305 g/mol. The molecule has 1 amide bonds. The average Bonchev–Trinajstić information content (AvgIpc) is 3.09. The molecule has 2 aliphatic rings. The van der Waals surface area contributed by atoms with Crippen molar-refractivity contribution in [2.75, 3.05) is 37.6 Å². The van der Waals surface area contributed by atoms with Crippen LogP contribution in [0.1, 0.15) is 23.3 Å². The fourth-order valence-corrected chi connectivity index (χ4v) is 2.82. The van der Waals surface area contributed by atoms with Gasteiger partial charge >= 0.3 is 5.97 Å². The van der Waals surface area contributed by atoms with Crippen molar-refractivity contribution in [3.8, 4) is 0 Å². The van der Waals surface area contributed by atoms with Crippen molar-refractivity contribution < 1.29 is 14.7 Å². The number of carboxylic acids is 1. The summed E-state index contributed by atoms with van der Waals surface area (Å²) in [5, 5.41) is 12.0. The topological polar surface area (TPSA) is 98.7 Å². The largest absolute Gasteiger partial charge is 0.480 e. The van der Waals surface area contributed by atoms with Crippen molar-refractivity contribution in [1.82, 2.24) is 20.2 Å². The van der Waals surface area contributed by atoms with Crippen LogP contribution >= 0.6 is 0 Å². The molecule has 0 bridgehead atoms. The van der Waals surface area contributed by atoms with E-state index in [0.29, 0.717) is 31.1 Å². The van der Waals surface area contributed by atoms with Gasteiger partial charge in [0.25, 0.3) is 5.91 Å². The van der Waals surface area contributed by atoms with Crippen LogP contribution in [-0.2, 0) is 4.79 Å². The van der Waals surface area contributed by atoms with Crippen molar-refractivity contribution in [2.45, 2.75) is 18.9 Å². The van der Waals surface area contributed by atoms with Gasteiger partial charge in [-0.1, -0.05) is 0 Å². The second kappa shape index (κ2) is 6.27. The minimum atomic E-state index is -0.887. The number of carboxylic acid groups (broad SMARTS) is 1. The lowest BCUT2D eigenvalue weighted by molar-refractivity contribution is -0.139. The third-order valence-electron chi connectivity index (χ3n) is 4.03. The van der Waals surface area contributed by atoms with Crippen LogP contribution in [0.2, 0.25) is 0 Å². The summed E-state index contributed by atoms with van der Waals surface area (Å²) in [4.78, 5) is 35.6. The SMILES string of the molecule is O=C(O)[C@H]1CN(c2cncc(C(=O)N3CCCC3)n2)CCN1. The maximum atomic E-state index is 12.4. The van der Waals surface area contributed by atoms with Gasteiger partial charge in [0.1, 0.15) is 17.6 Å². The zero-order valence-electron chi connectivity index (χ0n) is 12.2. The molecule has 2 N–H and O–H groups in total. The molecule has 0 saturated carbocycles. The van der Waals surface area contributed by atoms with Gasteiger partial charge in [-0.25, -0.2) is 4.98 Å². The van der Waals surface area contributed by atoms with Gasteiger partial charge in [-0.2, -0.15) is 0 Å². The van der Waals surface area contributed by atoms with E-state index in [4.69, 9.17) is 5.11 Å². The molecule has 8 heteroatoms. The molecule has 0 radical (unpaired) electrons. The molecule has 1 aromatic heterocycles. The molecule has 0 aromatic carbocycles. The van der Waals surface area contributed by atoms with Crippen LogP contribution in [0.3, 0.4) is 0 Å². The molecule has 22 heavy (non-hydrogen) atoms. The summed E-state index contributed by atoms with van der Waals surface area (Å²) in [6.45, 7) is 3.03. The Labute approximate surface area is 128 Å². The highest BCUT2D eigenvalue weighted by Gasteiger charge is 2.27. The van der Waals surface area contributed by atoms with E-state index in [1.165, 1.54) is 6.20 Å². The molecule has 1 atom stereocenters. The second-order valence-electron chi connectivity index (χ2n) is 5.55. The Morgan fingerprint density at radius 1 is 1.23 bits per heavy atom. The fourth-order valence-electron chi connectivity index (χ4n) is 2.82. The van der Waals surface area contributed by atoms with Gasteiger partial charge in [0.05, 0.1) is 12.4 Å². The summed E-state index contributed by atoms with van der Waals surface area (Å²) in [5.74, 6) is -0.434. The number of nitrogens with zero attached hydrogens (tertiary/aromatic N) is 4. The van der Waals surface area contributed by atoms with Gasteiger partial charge in [0.15, 0.2) is 0 Å². The van der Waals surface area contributed by atoms with E-state index in [-0.39, 0.29) is 5.91 Å². The highest BCUT2D eigenvalue weighted by Crippen LogP contribution is 2.15. The van der Waals surface area contributed by atoms with Crippen LogP contribution in [-0.4, -0.2) is 70.6 Å². The van der Waals surface area contributed by atoms with E-state index >= 15 is 0 Å². The number of hydrogen-bond donors (Lipinski definition) is 2. The number of carbonyl (C=O) groups is 2. The Morgan fingerprint density at radius 3 is 2.73 bits per heavy atom. The van der Waals surface area contributed by atoms with Crippen LogP contribution in [0.15, 0.2) is 12.4 Å². The number of piperazine rings is 1. The number of nitrogens with one attached hydrogen (secondary N) is 1. The van der Waals surface area contributed by atoms with Gasteiger partial charge in [-0.3, -0.25) is 14.6 Å². The molecule has 118 valence electrons. The number of likely N-dealkylation sites (tertiary alicyclic amines) is 1. The van der Waals surface area contributed by atoms with E-state index < -0.39 is 12.0 Å². The molecule has 0 aliphatic carbocycles. The molecule has 1 aromatic rings. The van der Waals surface area contributed by atoms with E-state index in [2.05, 4.69) is 15.3 Å². The first-order valence-electron chi connectivity index (χ1n) is 7.47. The van der Waals surface area contributed by atoms with Crippen molar-refractivity contribution in [2.24, 2.45) is 0 Å². The summed E-state index contributed by atoms with van der Waals surface area (Å²) in [5.41, 5.74) is 0.324. The lowest BCUT2D eigenvalue weighted by atomic mass is 10.2. The van der Waals surface area contributed by atoms with Gasteiger partial charge in [-0.15, -0.1) is 0 Å². The van der Waals surface area contributed by atoms with Gasteiger partial charge < -0.3 is 20.2 Å². The maximum Gasteiger partial charge on any atom is 0.322 e. The van der Waals surface area contributed by atoms with Gasteiger partial charge in [-0.05, 0) is 12.8 Å². The molecule has 0 unspecified atom stereocenters. The maximum absolute atomic E-state index is 12.4. The number of hydrogen-bond acceptors (Lipinski definition) is 6. The van der Waals surface area contributed by atoms with Gasteiger partial charge in [0, 0.05) is 32.7 Å². The van der Waals surface area contributed by atoms with E-state index in [0.717, 1.165) is 25.9 Å². The van der Waals surface area contributed by atoms with Crippen molar-refractivity contribution in [3.63, 3.8) is 0 Å². The summed E-state index contributed by atoms with van der Waals surface area (Å²) < 4.78 is 0. The Hall–Kier alpha value is -2.22. The Kier molecular flexibility index (Phi) is 4.19. The molecule has 2 fully saturated rings. The summed E-state index contributed by atoms with van der Waals surface area (Å²) >= 11 is 0. The van der Waals surface area contributed by atoms with Crippen LogP contribution in [0.5, 0.6) is 0 Å². The number of aromatic nitrogens is 2. The van der Waals surface area contributed by atoms with Crippen LogP contribution < -0.4 is 10.2 Å². The summed E-state index contributed by atoms with van der Waals surface area (Å²) in [7, 11) is 0. The molecule has 8 nitrogen and oxygen atoms in total. The van der Waals surface area contributed by atoms with Crippen LogP contribution in [0.4, 0.5) is 5.82 Å². The fraction of sp³-hybridized carbons (Fsp3) is 0.571. The first-order valence-corrected chi connectivity index (χ1v) is 7.47. The molecule has 3 rings (SSSR count). The number of anilines is 1. The third kappa shape index (κ3) is 3.01. The Balaban J connectivity index is 1.75. The van der Waals surface area contributed by atoms with E-state index in [9.17, 15) is 9.59 Å². The van der Waals surface area contributed by atoms with Crippen molar-refractivity contribution in [3.05, 3.63) is 18.1 Å². The minimum Gasteiger partial charge on any atom is -0.480 e. The highest BCUT2D eigenvalue weighted by atomic mass is 16.4. The molecule has 0 spiro atoms. The summed E-state index contributed by atoms with van der Waals surface area (Å²) in [6, 6.07) is -0.631. The second-order valence-corrected chi connectivity index (χ2v) is 5.55. The number of carbonyl (C=O) groups excluding carboxylic acids is 1.